The summed E-state index contributed by atoms with van der Waals surface area (Å²) in [6.07, 6.45) is 0. The van der Waals surface area contributed by atoms with Crippen molar-refractivity contribution >= 4 is 11.6 Å². The summed E-state index contributed by atoms with van der Waals surface area (Å²) in [6, 6.07) is 4.20. The van der Waals surface area contributed by atoms with Crippen LogP contribution in [0.3, 0.4) is 0 Å². The van der Waals surface area contributed by atoms with Gasteiger partial charge in [-0.3, -0.25) is 0 Å². The Labute approximate surface area is 78.0 Å². The first-order chi connectivity index (χ1) is 6.09. The van der Waals surface area contributed by atoms with Crippen LogP contribution in [0.4, 0.5) is 8.78 Å². The van der Waals surface area contributed by atoms with E-state index >= 15 is 0 Å². The van der Waals surface area contributed by atoms with E-state index in [1.807, 2.05) is 0 Å². The summed E-state index contributed by atoms with van der Waals surface area (Å²) in [6.45, 7) is -0.0423. The van der Waals surface area contributed by atoms with Gasteiger partial charge < -0.3 is 9.47 Å². The second-order valence-corrected chi connectivity index (χ2v) is 3.01. The van der Waals surface area contributed by atoms with Crippen molar-refractivity contribution in [3.05, 3.63) is 23.8 Å². The number of ether oxygens (including phenoxy) is 2. The number of rotatable bonds is 1. The molecule has 70 valence electrons. The molecule has 1 heterocycles. The van der Waals surface area contributed by atoms with Gasteiger partial charge in [-0.25, -0.2) is 0 Å². The summed E-state index contributed by atoms with van der Waals surface area (Å²) in [4.78, 5) is 0. The molecule has 2 rings (SSSR count). The van der Waals surface area contributed by atoms with Gasteiger partial charge in [0.1, 0.15) is 0 Å². The van der Waals surface area contributed by atoms with E-state index < -0.39 is 5.38 Å². The van der Waals surface area contributed by atoms with Crippen LogP contribution in [0.25, 0.3) is 0 Å². The average Bonchev–Trinajstić information content (AvgIpc) is 2.48. The Balaban J connectivity index is 2.54. The highest BCUT2D eigenvalue weighted by atomic mass is 35.5. The van der Waals surface area contributed by atoms with Gasteiger partial charge in [-0.15, -0.1) is 0 Å². The third-order valence-corrected chi connectivity index (χ3v) is 1.91. The van der Waals surface area contributed by atoms with Crippen molar-refractivity contribution in [2.45, 2.75) is 5.38 Å². The number of benzene rings is 1. The van der Waals surface area contributed by atoms with Crippen molar-refractivity contribution < 1.29 is 18.3 Å². The van der Waals surface area contributed by atoms with Crippen LogP contribution in [0.15, 0.2) is 18.2 Å². The molecule has 0 bridgehead atoms. The standard InChI is InChI=1S/C8H5ClF2O2/c9-8(10,11)5-2-1-3-6-7(5)13-4-12-6/h1-3H,4H2. The van der Waals surface area contributed by atoms with E-state index in [9.17, 15) is 8.78 Å². The molecule has 0 fully saturated rings. The van der Waals surface area contributed by atoms with Gasteiger partial charge in [0.2, 0.25) is 6.79 Å². The zero-order valence-electron chi connectivity index (χ0n) is 6.39. The summed E-state index contributed by atoms with van der Waals surface area (Å²) in [7, 11) is 0. The fraction of sp³-hybridized carbons (Fsp3) is 0.250. The van der Waals surface area contributed by atoms with E-state index in [-0.39, 0.29) is 18.1 Å². The van der Waals surface area contributed by atoms with Gasteiger partial charge in [0.25, 0.3) is 0 Å². The molecule has 1 aliphatic heterocycles. The minimum atomic E-state index is -3.42. The van der Waals surface area contributed by atoms with Crippen LogP contribution in [-0.4, -0.2) is 6.79 Å². The molecule has 0 spiro atoms. The molecule has 0 radical (unpaired) electrons. The van der Waals surface area contributed by atoms with Crippen molar-refractivity contribution in [2.24, 2.45) is 0 Å². The first-order valence-electron chi connectivity index (χ1n) is 3.55. The first kappa shape index (κ1) is 8.56. The lowest BCUT2D eigenvalue weighted by Gasteiger charge is -2.09. The maximum Gasteiger partial charge on any atom is 0.351 e. The van der Waals surface area contributed by atoms with E-state index in [4.69, 9.17) is 21.1 Å². The van der Waals surface area contributed by atoms with Crippen molar-refractivity contribution in [3.8, 4) is 11.5 Å². The number of hydrogen-bond acceptors (Lipinski definition) is 2. The molecule has 5 heteroatoms. The maximum absolute atomic E-state index is 12.7. The predicted molar refractivity (Wildman–Crippen MR) is 42.3 cm³/mol. The van der Waals surface area contributed by atoms with Crippen molar-refractivity contribution in [1.82, 2.24) is 0 Å². The second-order valence-electron chi connectivity index (χ2n) is 2.54. The minimum Gasteiger partial charge on any atom is -0.454 e. The fourth-order valence-electron chi connectivity index (χ4n) is 1.15. The molecule has 0 saturated carbocycles. The molecule has 0 N–H and O–H groups in total. The molecule has 0 unspecified atom stereocenters. The number of hydrogen-bond donors (Lipinski definition) is 0. The Bertz CT molecular complexity index is 335. The van der Waals surface area contributed by atoms with Crippen molar-refractivity contribution in [3.63, 3.8) is 0 Å². The molecule has 1 aromatic rings. The zero-order valence-corrected chi connectivity index (χ0v) is 7.15. The second kappa shape index (κ2) is 2.73. The average molecular weight is 207 g/mol. The lowest BCUT2D eigenvalue weighted by molar-refractivity contribution is 0.0899. The Morgan fingerprint density at radius 2 is 2.08 bits per heavy atom. The Hall–Kier alpha value is -1.03. The van der Waals surface area contributed by atoms with Crippen molar-refractivity contribution in [2.75, 3.05) is 6.79 Å². The lowest BCUT2D eigenvalue weighted by Crippen LogP contribution is -2.04. The van der Waals surface area contributed by atoms with E-state index in [1.54, 1.807) is 6.07 Å². The predicted octanol–water partition coefficient (Wildman–Crippen LogP) is 2.70. The van der Waals surface area contributed by atoms with Gasteiger partial charge >= 0.3 is 5.38 Å². The summed E-state index contributed by atoms with van der Waals surface area (Å²) < 4.78 is 35.3. The quantitative estimate of drug-likeness (QED) is 0.658. The molecule has 1 aliphatic rings. The molecule has 2 nitrogen and oxygen atoms in total. The highest BCUT2D eigenvalue weighted by Gasteiger charge is 2.34. The molecule has 0 aliphatic carbocycles. The molecule has 1 aromatic carbocycles. The third kappa shape index (κ3) is 1.42. The van der Waals surface area contributed by atoms with Gasteiger partial charge in [0.05, 0.1) is 5.56 Å². The van der Waals surface area contributed by atoms with Crippen LogP contribution >= 0.6 is 11.6 Å². The normalized spacial score (nSPS) is 14.7. The van der Waals surface area contributed by atoms with Gasteiger partial charge in [-0.1, -0.05) is 6.07 Å². The van der Waals surface area contributed by atoms with E-state index in [2.05, 4.69) is 0 Å². The molecule has 0 amide bonds. The Kier molecular flexibility index (Phi) is 1.80. The molecule has 0 atom stereocenters. The van der Waals surface area contributed by atoms with Crippen LogP contribution in [0.5, 0.6) is 11.5 Å². The summed E-state index contributed by atoms with van der Waals surface area (Å²) in [5, 5.41) is -3.42. The van der Waals surface area contributed by atoms with Crippen LogP contribution in [-0.2, 0) is 5.38 Å². The summed E-state index contributed by atoms with van der Waals surface area (Å²) in [5.41, 5.74) is -0.357. The number of para-hydroxylation sites is 1. The molecular formula is C8H5ClF2O2. The lowest BCUT2D eigenvalue weighted by atomic mass is 10.2. The van der Waals surface area contributed by atoms with Crippen LogP contribution < -0.4 is 9.47 Å². The van der Waals surface area contributed by atoms with Gasteiger partial charge in [0.15, 0.2) is 11.5 Å². The number of halogens is 3. The summed E-state index contributed by atoms with van der Waals surface area (Å²) >= 11 is 4.87. The first-order valence-corrected chi connectivity index (χ1v) is 3.92. The topological polar surface area (TPSA) is 18.5 Å². The SMILES string of the molecule is FC(F)(Cl)c1cccc2c1OCO2. The number of fused-ring (bicyclic) bond motifs is 1. The van der Waals surface area contributed by atoms with Gasteiger partial charge in [-0.05, 0) is 23.7 Å². The van der Waals surface area contributed by atoms with E-state index in [0.29, 0.717) is 5.75 Å². The fourth-order valence-corrected chi connectivity index (χ4v) is 1.30. The Morgan fingerprint density at radius 3 is 2.77 bits per heavy atom. The molecule has 0 aromatic heterocycles. The van der Waals surface area contributed by atoms with Crippen LogP contribution in [0, 0.1) is 0 Å². The largest absolute Gasteiger partial charge is 0.454 e. The highest BCUT2D eigenvalue weighted by molar-refractivity contribution is 6.22. The number of alkyl halides is 3. The van der Waals surface area contributed by atoms with Gasteiger partial charge in [-0.2, -0.15) is 8.78 Å². The van der Waals surface area contributed by atoms with Crippen LogP contribution in [0.2, 0.25) is 0 Å². The van der Waals surface area contributed by atoms with Gasteiger partial charge in [0, 0.05) is 0 Å². The Morgan fingerprint density at radius 1 is 1.31 bits per heavy atom. The third-order valence-electron chi connectivity index (χ3n) is 1.70. The zero-order chi connectivity index (χ0) is 9.47. The smallest absolute Gasteiger partial charge is 0.351 e. The van der Waals surface area contributed by atoms with E-state index in [0.717, 1.165) is 0 Å². The van der Waals surface area contributed by atoms with Crippen molar-refractivity contribution in [1.29, 1.82) is 0 Å². The monoisotopic (exact) mass is 206 g/mol. The molecular weight excluding hydrogens is 202 g/mol. The highest BCUT2D eigenvalue weighted by Crippen LogP contribution is 2.44. The van der Waals surface area contributed by atoms with E-state index in [1.165, 1.54) is 12.1 Å². The molecule has 0 saturated heterocycles. The minimum absolute atomic E-state index is 0.0301. The summed E-state index contributed by atoms with van der Waals surface area (Å²) in [5.74, 6) is 0.334. The van der Waals surface area contributed by atoms with Crippen LogP contribution in [0.1, 0.15) is 5.56 Å². The maximum atomic E-state index is 12.7. The molecule has 13 heavy (non-hydrogen) atoms.